The van der Waals surface area contributed by atoms with Crippen molar-refractivity contribution >= 4 is 17.7 Å². The average molecular weight is 255 g/mol. The summed E-state index contributed by atoms with van der Waals surface area (Å²) in [5.74, 6) is -4.46. The fourth-order valence-corrected chi connectivity index (χ4v) is 0.906. The summed E-state index contributed by atoms with van der Waals surface area (Å²) in [5.41, 5.74) is 0. The van der Waals surface area contributed by atoms with E-state index in [1.807, 2.05) is 0 Å². The van der Waals surface area contributed by atoms with E-state index in [1.54, 1.807) is 0 Å². The van der Waals surface area contributed by atoms with Crippen LogP contribution in [0.1, 0.15) is 26.2 Å². The Kier molecular flexibility index (Phi) is 5.63. The van der Waals surface area contributed by atoms with Crippen molar-refractivity contribution in [2.24, 2.45) is 0 Å². The second-order valence-corrected chi connectivity index (χ2v) is 3.30. The Morgan fingerprint density at radius 2 is 1.76 bits per heavy atom. The highest BCUT2D eigenvalue weighted by Gasteiger charge is 2.39. The van der Waals surface area contributed by atoms with Gasteiger partial charge in [0.25, 0.3) is 0 Å². The normalized spacial score (nSPS) is 12.9. The monoisotopic (exact) mass is 255 g/mol. The Hall–Kier alpha value is -1.60. The van der Waals surface area contributed by atoms with Crippen LogP contribution in [0.5, 0.6) is 0 Å². The van der Waals surface area contributed by atoms with Gasteiger partial charge in [0, 0.05) is 5.97 Å². The van der Waals surface area contributed by atoms with Crippen LogP contribution in [0.4, 0.5) is 13.2 Å². The number of alkyl halides is 3. The molecule has 1 unspecified atom stereocenters. The lowest BCUT2D eigenvalue weighted by Crippen LogP contribution is -2.29. The van der Waals surface area contributed by atoms with E-state index >= 15 is 0 Å². The van der Waals surface area contributed by atoms with E-state index < -0.39 is 49.3 Å². The molecular formula is C9H10F3O5-. The molecule has 0 saturated heterocycles. The summed E-state index contributed by atoms with van der Waals surface area (Å²) in [4.78, 5) is 31.4. The zero-order valence-corrected chi connectivity index (χ0v) is 8.87. The smallest absolute Gasteiger partial charge is 0.450 e. The molecule has 8 heteroatoms. The molecule has 98 valence electrons. The Labute approximate surface area is 94.5 Å². The molecule has 0 aliphatic rings. The van der Waals surface area contributed by atoms with Crippen LogP contribution in [0.3, 0.4) is 0 Å². The van der Waals surface area contributed by atoms with Crippen LogP contribution in [0.15, 0.2) is 0 Å². The van der Waals surface area contributed by atoms with Crippen LogP contribution in [-0.2, 0) is 19.1 Å². The van der Waals surface area contributed by atoms with E-state index in [0.29, 0.717) is 0 Å². The molecule has 0 fully saturated rings. The molecule has 0 N–H and O–H groups in total. The molecule has 1 atom stereocenters. The van der Waals surface area contributed by atoms with E-state index in [1.165, 1.54) is 0 Å². The molecule has 0 amide bonds. The van der Waals surface area contributed by atoms with Crippen LogP contribution in [-0.4, -0.2) is 30.0 Å². The van der Waals surface area contributed by atoms with Crippen molar-refractivity contribution in [1.82, 2.24) is 0 Å². The first-order chi connectivity index (χ1) is 7.62. The molecule has 0 aromatic rings. The Morgan fingerprint density at radius 1 is 1.24 bits per heavy atom. The van der Waals surface area contributed by atoms with Gasteiger partial charge in [0.2, 0.25) is 5.78 Å². The number of aliphatic carboxylic acids is 1. The molecule has 0 aliphatic carbocycles. The SMILES string of the molecule is CC(CC(=O)C(F)(F)F)OC(=O)CCC(=O)[O-]. The van der Waals surface area contributed by atoms with Gasteiger partial charge >= 0.3 is 12.1 Å². The topological polar surface area (TPSA) is 83.5 Å². The zero-order valence-electron chi connectivity index (χ0n) is 8.87. The molecule has 5 nitrogen and oxygen atoms in total. The van der Waals surface area contributed by atoms with E-state index in [9.17, 15) is 32.7 Å². The molecule has 0 heterocycles. The van der Waals surface area contributed by atoms with Gasteiger partial charge in [-0.25, -0.2) is 0 Å². The average Bonchev–Trinajstić information content (AvgIpc) is 2.12. The number of carbonyl (C=O) groups excluding carboxylic acids is 3. The van der Waals surface area contributed by atoms with Crippen LogP contribution in [0, 0.1) is 0 Å². The standard InChI is InChI=1S/C9H11F3O5/c1-5(4-6(13)9(10,11)12)17-8(16)3-2-7(14)15/h5H,2-4H2,1H3,(H,14,15)/p-1. The van der Waals surface area contributed by atoms with Gasteiger partial charge in [0.15, 0.2) is 0 Å². The largest absolute Gasteiger partial charge is 0.550 e. The van der Waals surface area contributed by atoms with Crippen LogP contribution >= 0.6 is 0 Å². The van der Waals surface area contributed by atoms with Gasteiger partial charge in [-0.05, 0) is 13.3 Å². The Bertz CT molecular complexity index is 310. The van der Waals surface area contributed by atoms with E-state index in [-0.39, 0.29) is 0 Å². The van der Waals surface area contributed by atoms with Crippen molar-refractivity contribution in [2.75, 3.05) is 0 Å². The first kappa shape index (κ1) is 15.4. The lowest BCUT2D eigenvalue weighted by molar-refractivity contribution is -0.305. The second-order valence-electron chi connectivity index (χ2n) is 3.30. The Balaban J connectivity index is 4.02. The van der Waals surface area contributed by atoms with Crippen LogP contribution < -0.4 is 5.11 Å². The van der Waals surface area contributed by atoms with Crippen LogP contribution in [0.2, 0.25) is 0 Å². The molecule has 0 spiro atoms. The minimum Gasteiger partial charge on any atom is -0.550 e. The maximum Gasteiger partial charge on any atom is 0.450 e. The van der Waals surface area contributed by atoms with Crippen molar-refractivity contribution in [3.8, 4) is 0 Å². The van der Waals surface area contributed by atoms with Crippen molar-refractivity contribution in [3.05, 3.63) is 0 Å². The number of carbonyl (C=O) groups is 3. The molecule has 0 aromatic heterocycles. The first-order valence-electron chi connectivity index (χ1n) is 4.62. The Morgan fingerprint density at radius 3 is 2.18 bits per heavy atom. The lowest BCUT2D eigenvalue weighted by atomic mass is 10.2. The van der Waals surface area contributed by atoms with E-state index in [4.69, 9.17) is 0 Å². The summed E-state index contributed by atoms with van der Waals surface area (Å²) in [5, 5.41) is 9.98. The maximum atomic E-state index is 11.8. The highest BCUT2D eigenvalue weighted by molar-refractivity contribution is 5.84. The lowest BCUT2D eigenvalue weighted by Gasteiger charge is -2.13. The summed E-state index contributed by atoms with van der Waals surface area (Å²) in [7, 11) is 0. The predicted molar refractivity (Wildman–Crippen MR) is 45.5 cm³/mol. The van der Waals surface area contributed by atoms with Gasteiger partial charge in [-0.1, -0.05) is 0 Å². The van der Waals surface area contributed by atoms with Gasteiger partial charge < -0.3 is 14.6 Å². The number of Topliss-reactive ketones (excluding diaryl/α,β-unsaturated/α-hetero) is 1. The second kappa shape index (κ2) is 6.21. The molecule has 0 bridgehead atoms. The number of hydrogen-bond donors (Lipinski definition) is 0. The quantitative estimate of drug-likeness (QED) is 0.622. The molecule has 0 aromatic carbocycles. The molecule has 0 radical (unpaired) electrons. The summed E-state index contributed by atoms with van der Waals surface area (Å²) in [6, 6.07) is 0. The number of ketones is 1. The van der Waals surface area contributed by atoms with Gasteiger partial charge in [-0.3, -0.25) is 9.59 Å². The molecule has 17 heavy (non-hydrogen) atoms. The summed E-state index contributed by atoms with van der Waals surface area (Å²) in [6.45, 7) is 1.11. The third kappa shape index (κ3) is 7.31. The van der Waals surface area contributed by atoms with Gasteiger partial charge in [-0.2, -0.15) is 13.2 Å². The number of halogens is 3. The molecule has 0 saturated carbocycles. The third-order valence-corrected chi connectivity index (χ3v) is 1.65. The molecule has 0 aliphatic heterocycles. The number of hydrogen-bond acceptors (Lipinski definition) is 5. The first-order valence-corrected chi connectivity index (χ1v) is 4.62. The number of carboxylic acid groups (broad SMARTS) is 1. The zero-order chi connectivity index (χ0) is 13.6. The number of esters is 1. The molecule has 0 rings (SSSR count). The third-order valence-electron chi connectivity index (χ3n) is 1.65. The highest BCUT2D eigenvalue weighted by atomic mass is 19.4. The van der Waals surface area contributed by atoms with Crippen molar-refractivity contribution in [3.63, 3.8) is 0 Å². The fraction of sp³-hybridized carbons (Fsp3) is 0.667. The van der Waals surface area contributed by atoms with E-state index in [2.05, 4.69) is 4.74 Å². The van der Waals surface area contributed by atoms with Gasteiger partial charge in [-0.15, -0.1) is 0 Å². The number of ether oxygens (including phenoxy) is 1. The van der Waals surface area contributed by atoms with E-state index in [0.717, 1.165) is 6.92 Å². The highest BCUT2D eigenvalue weighted by Crippen LogP contribution is 2.19. The van der Waals surface area contributed by atoms with Gasteiger partial charge in [0.05, 0.1) is 12.8 Å². The minimum atomic E-state index is -4.97. The minimum absolute atomic E-state index is 0.507. The number of carboxylic acids is 1. The predicted octanol–water partition coefficient (Wildman–Crippen LogP) is -0.0303. The van der Waals surface area contributed by atoms with Gasteiger partial charge in [0.1, 0.15) is 6.10 Å². The summed E-state index contributed by atoms with van der Waals surface area (Å²) < 4.78 is 39.9. The van der Waals surface area contributed by atoms with Crippen molar-refractivity contribution in [2.45, 2.75) is 38.5 Å². The summed E-state index contributed by atoms with van der Waals surface area (Å²) >= 11 is 0. The summed E-state index contributed by atoms with van der Waals surface area (Å²) in [6.07, 6.45) is -8.30. The molecular weight excluding hydrogens is 245 g/mol. The van der Waals surface area contributed by atoms with Crippen LogP contribution in [0.25, 0.3) is 0 Å². The van der Waals surface area contributed by atoms with Crippen molar-refractivity contribution < 1.29 is 37.4 Å². The number of rotatable bonds is 6. The maximum absolute atomic E-state index is 11.8. The van der Waals surface area contributed by atoms with Crippen molar-refractivity contribution in [1.29, 1.82) is 0 Å². The fourth-order valence-electron chi connectivity index (χ4n) is 0.906.